The van der Waals surface area contributed by atoms with Crippen LogP contribution in [-0.4, -0.2) is 18.1 Å². The molecule has 2 aromatic carbocycles. The highest BCUT2D eigenvalue weighted by molar-refractivity contribution is 6.30. The van der Waals surface area contributed by atoms with E-state index < -0.39 is 0 Å². The molecule has 2 aromatic rings. The minimum Gasteiger partial charge on any atom is -0.279 e. The van der Waals surface area contributed by atoms with E-state index in [4.69, 9.17) is 11.6 Å². The highest BCUT2D eigenvalue weighted by atomic mass is 35.5. The first-order valence-electron chi connectivity index (χ1n) is 7.76. The van der Waals surface area contributed by atoms with Gasteiger partial charge in [-0.25, -0.2) is 0 Å². The maximum atomic E-state index is 6.06. The van der Waals surface area contributed by atoms with Gasteiger partial charge < -0.3 is 0 Å². The monoisotopic (exact) mass is 335 g/mol. The third-order valence-electron chi connectivity index (χ3n) is 3.21. The van der Waals surface area contributed by atoms with Gasteiger partial charge in [-0.2, -0.15) is 0 Å². The van der Waals surface area contributed by atoms with Crippen molar-refractivity contribution in [3.63, 3.8) is 0 Å². The van der Waals surface area contributed by atoms with Crippen LogP contribution in [0.1, 0.15) is 25.0 Å². The number of hydrogen-bond acceptors (Lipinski definition) is 2. The number of benzene rings is 2. The molecule has 0 fully saturated rings. The lowest BCUT2D eigenvalue weighted by Gasteiger charge is -2.11. The summed E-state index contributed by atoms with van der Waals surface area (Å²) in [5.74, 6) is 11.7. The first kappa shape index (κ1) is 17.6. The molecule has 0 aliphatic rings. The summed E-state index contributed by atoms with van der Waals surface area (Å²) in [5.41, 5.74) is 2.32. The number of rotatable bonds is 4. The van der Waals surface area contributed by atoms with Crippen LogP contribution < -0.4 is 0 Å². The Balaban J connectivity index is 2.23. The lowest BCUT2D eigenvalue weighted by atomic mass is 10.2. The Labute approximate surface area is 148 Å². The van der Waals surface area contributed by atoms with Crippen molar-refractivity contribution in [3.05, 3.63) is 64.7 Å². The van der Waals surface area contributed by atoms with Gasteiger partial charge in [-0.05, 0) is 56.0 Å². The molecule has 0 bridgehead atoms. The molecule has 2 rings (SSSR count). The second-order valence-corrected chi connectivity index (χ2v) is 5.29. The highest BCUT2D eigenvalue weighted by Crippen LogP contribution is 2.23. The summed E-state index contributed by atoms with van der Waals surface area (Å²) in [6, 6.07) is 15.1. The number of hydrogen-bond donors (Lipinski definition) is 0. The Kier molecular flexibility index (Phi) is 6.90. The molecule has 0 aliphatic carbocycles. The average Bonchev–Trinajstić information content (AvgIpc) is 2.62. The summed E-state index contributed by atoms with van der Waals surface area (Å²) >= 11 is 6.06. The van der Waals surface area contributed by atoms with Gasteiger partial charge in [-0.3, -0.25) is 5.01 Å². The molecule has 0 amide bonds. The van der Waals surface area contributed by atoms with Gasteiger partial charge in [0, 0.05) is 23.7 Å². The summed E-state index contributed by atoms with van der Waals surface area (Å²) in [6.45, 7) is 5.67. The minimum atomic E-state index is 0.608. The van der Waals surface area contributed by atoms with Crippen LogP contribution in [0.25, 0.3) is 0 Å². The molecule has 120 valence electrons. The standard InChI is InChI=1S/C20H18ClN3/c1-3-24(4-2)23-22-20-15-14-19(21)16-18(20)13-9-8-12-17-10-6-5-7-11-17/h5-7,10-11,14-16H,3-4H2,1-2H3. The highest BCUT2D eigenvalue weighted by Gasteiger charge is 2.01. The summed E-state index contributed by atoms with van der Waals surface area (Å²) in [7, 11) is 0. The van der Waals surface area contributed by atoms with Gasteiger partial charge in [-0.15, -0.1) is 5.11 Å². The largest absolute Gasteiger partial charge is 0.279 e. The molecule has 24 heavy (non-hydrogen) atoms. The zero-order valence-electron chi connectivity index (χ0n) is 13.8. The van der Waals surface area contributed by atoms with Crippen LogP contribution in [0, 0.1) is 23.7 Å². The van der Waals surface area contributed by atoms with E-state index in [2.05, 4.69) is 34.0 Å². The van der Waals surface area contributed by atoms with Crippen LogP contribution in [0.2, 0.25) is 5.02 Å². The molecule has 0 aliphatic heterocycles. The van der Waals surface area contributed by atoms with E-state index in [9.17, 15) is 0 Å². The first-order chi connectivity index (χ1) is 11.7. The van der Waals surface area contributed by atoms with Crippen molar-refractivity contribution in [2.24, 2.45) is 10.3 Å². The smallest absolute Gasteiger partial charge is 0.103 e. The van der Waals surface area contributed by atoms with Crippen LogP contribution in [0.15, 0.2) is 58.9 Å². The van der Waals surface area contributed by atoms with Crippen molar-refractivity contribution in [1.82, 2.24) is 5.01 Å². The zero-order chi connectivity index (χ0) is 17.2. The summed E-state index contributed by atoms with van der Waals surface area (Å²) in [6.07, 6.45) is 0. The molecule has 0 radical (unpaired) electrons. The third-order valence-corrected chi connectivity index (χ3v) is 3.44. The molecule has 0 atom stereocenters. The van der Waals surface area contributed by atoms with Gasteiger partial charge in [0.25, 0.3) is 0 Å². The van der Waals surface area contributed by atoms with Crippen molar-refractivity contribution in [3.8, 4) is 23.7 Å². The summed E-state index contributed by atoms with van der Waals surface area (Å²) in [4.78, 5) is 0. The number of nitrogens with zero attached hydrogens (tertiary/aromatic N) is 3. The van der Waals surface area contributed by atoms with Crippen molar-refractivity contribution < 1.29 is 0 Å². The maximum Gasteiger partial charge on any atom is 0.103 e. The van der Waals surface area contributed by atoms with Crippen molar-refractivity contribution >= 4 is 17.3 Å². The van der Waals surface area contributed by atoms with E-state index in [1.165, 1.54) is 0 Å². The van der Waals surface area contributed by atoms with Gasteiger partial charge in [0.05, 0.1) is 5.56 Å². The molecular weight excluding hydrogens is 318 g/mol. The van der Waals surface area contributed by atoms with Crippen LogP contribution >= 0.6 is 11.6 Å². The molecule has 0 saturated heterocycles. The van der Waals surface area contributed by atoms with Gasteiger partial charge in [-0.1, -0.05) is 46.9 Å². The molecule has 3 nitrogen and oxygen atoms in total. The Bertz CT molecular complexity index is 817. The average molecular weight is 336 g/mol. The number of halogens is 1. The van der Waals surface area contributed by atoms with Crippen molar-refractivity contribution in [1.29, 1.82) is 0 Å². The molecule has 0 unspecified atom stereocenters. The second-order valence-electron chi connectivity index (χ2n) is 4.86. The SMILES string of the molecule is CCN(CC)N=Nc1ccc(Cl)cc1C#CC#Cc1ccccc1. The predicted octanol–water partition coefficient (Wildman–Crippen LogP) is 5.08. The zero-order valence-corrected chi connectivity index (χ0v) is 14.5. The fourth-order valence-electron chi connectivity index (χ4n) is 1.88. The Morgan fingerprint density at radius 2 is 1.67 bits per heavy atom. The first-order valence-corrected chi connectivity index (χ1v) is 8.14. The Morgan fingerprint density at radius 1 is 0.958 bits per heavy atom. The van der Waals surface area contributed by atoms with E-state index in [-0.39, 0.29) is 0 Å². The van der Waals surface area contributed by atoms with Crippen LogP contribution in [-0.2, 0) is 0 Å². The fraction of sp³-hybridized carbons (Fsp3) is 0.200. The molecule has 0 saturated carbocycles. The van der Waals surface area contributed by atoms with Crippen molar-refractivity contribution in [2.45, 2.75) is 13.8 Å². The molecule has 0 spiro atoms. The van der Waals surface area contributed by atoms with Crippen LogP contribution in [0.3, 0.4) is 0 Å². The second kappa shape index (κ2) is 9.40. The van der Waals surface area contributed by atoms with Gasteiger partial charge in [0.2, 0.25) is 0 Å². The van der Waals surface area contributed by atoms with Gasteiger partial charge >= 0.3 is 0 Å². The molecule has 0 heterocycles. The topological polar surface area (TPSA) is 28.0 Å². The molecular formula is C20H18ClN3. The van der Waals surface area contributed by atoms with E-state index in [0.717, 1.165) is 18.7 Å². The summed E-state index contributed by atoms with van der Waals surface area (Å²) < 4.78 is 0. The quantitative estimate of drug-likeness (QED) is 0.435. The third kappa shape index (κ3) is 5.47. The van der Waals surface area contributed by atoms with Crippen molar-refractivity contribution in [2.75, 3.05) is 13.1 Å². The lowest BCUT2D eigenvalue weighted by Crippen LogP contribution is -2.14. The Morgan fingerprint density at radius 3 is 2.38 bits per heavy atom. The van der Waals surface area contributed by atoms with E-state index in [1.807, 2.05) is 55.3 Å². The fourth-order valence-corrected chi connectivity index (χ4v) is 2.05. The Hall–Kier alpha value is -2.75. The predicted molar refractivity (Wildman–Crippen MR) is 99.1 cm³/mol. The van der Waals surface area contributed by atoms with Crippen LogP contribution in [0.5, 0.6) is 0 Å². The molecule has 0 N–H and O–H groups in total. The van der Waals surface area contributed by atoms with E-state index in [0.29, 0.717) is 16.3 Å². The van der Waals surface area contributed by atoms with E-state index in [1.54, 1.807) is 12.1 Å². The summed E-state index contributed by atoms with van der Waals surface area (Å²) in [5, 5.41) is 10.9. The van der Waals surface area contributed by atoms with Gasteiger partial charge in [0.1, 0.15) is 5.69 Å². The molecule has 0 aromatic heterocycles. The normalized spacial score (nSPS) is 9.79. The van der Waals surface area contributed by atoms with Crippen LogP contribution in [0.4, 0.5) is 5.69 Å². The molecule has 4 heteroatoms. The lowest BCUT2D eigenvalue weighted by molar-refractivity contribution is 0.300. The minimum absolute atomic E-state index is 0.608. The maximum absolute atomic E-state index is 6.06. The van der Waals surface area contributed by atoms with Gasteiger partial charge in [0.15, 0.2) is 0 Å². The van der Waals surface area contributed by atoms with E-state index >= 15 is 0 Å².